The predicted molar refractivity (Wildman–Crippen MR) is 115 cm³/mol. The third-order valence-corrected chi connectivity index (χ3v) is 5.98. The van der Waals surface area contributed by atoms with Crippen molar-refractivity contribution < 1.29 is 13.2 Å². The van der Waals surface area contributed by atoms with Crippen LogP contribution < -0.4 is 9.73 Å². The summed E-state index contributed by atoms with van der Waals surface area (Å²) in [7, 11) is -3.93. The molecule has 3 aromatic carbocycles. The molecule has 6 nitrogen and oxygen atoms in total. The monoisotopic (exact) mass is 427 g/mol. The minimum absolute atomic E-state index is 0.0984. The maximum atomic E-state index is 13.1. The predicted octanol–water partition coefficient (Wildman–Crippen LogP) is 3.69. The quantitative estimate of drug-likeness (QED) is 0.461. The first-order valence-corrected chi connectivity index (χ1v) is 10.5. The van der Waals surface area contributed by atoms with Gasteiger partial charge in [-0.25, -0.2) is 13.8 Å². The van der Waals surface area contributed by atoms with E-state index in [-0.39, 0.29) is 4.90 Å². The smallest absolute Gasteiger partial charge is 0.264 e. The van der Waals surface area contributed by atoms with E-state index in [1.165, 1.54) is 18.3 Å². The van der Waals surface area contributed by atoms with Crippen LogP contribution in [0, 0.1) is 0 Å². The Morgan fingerprint density at radius 1 is 0.931 bits per heavy atom. The van der Waals surface area contributed by atoms with Crippen LogP contribution >= 0.6 is 11.6 Å². The van der Waals surface area contributed by atoms with Gasteiger partial charge in [-0.15, -0.1) is 0 Å². The second kappa shape index (κ2) is 9.36. The third-order valence-electron chi connectivity index (χ3n) is 3.94. The lowest BCUT2D eigenvalue weighted by atomic mass is 10.2. The number of benzene rings is 3. The van der Waals surface area contributed by atoms with Gasteiger partial charge < -0.3 is 0 Å². The van der Waals surface area contributed by atoms with Crippen LogP contribution in [0.2, 0.25) is 5.02 Å². The van der Waals surface area contributed by atoms with Crippen molar-refractivity contribution in [3.8, 4) is 0 Å². The van der Waals surface area contributed by atoms with Crippen molar-refractivity contribution in [3.05, 3.63) is 95.5 Å². The van der Waals surface area contributed by atoms with Gasteiger partial charge >= 0.3 is 0 Å². The first-order chi connectivity index (χ1) is 14.0. The Labute approximate surface area is 174 Å². The fourth-order valence-corrected chi connectivity index (χ4v) is 4.09. The van der Waals surface area contributed by atoms with Gasteiger partial charge in [0.15, 0.2) is 0 Å². The number of hydrogen-bond donors (Lipinski definition) is 1. The number of para-hydroxylation sites is 1. The molecule has 0 atom stereocenters. The first-order valence-electron chi connectivity index (χ1n) is 8.67. The zero-order chi connectivity index (χ0) is 20.7. The van der Waals surface area contributed by atoms with Crippen molar-refractivity contribution >= 4 is 39.4 Å². The number of nitrogens with one attached hydrogen (secondary N) is 1. The third kappa shape index (κ3) is 5.43. The normalized spacial score (nSPS) is 11.3. The van der Waals surface area contributed by atoms with Gasteiger partial charge in [-0.2, -0.15) is 5.10 Å². The lowest BCUT2D eigenvalue weighted by molar-refractivity contribution is -0.119. The molecule has 0 aliphatic carbocycles. The number of halogens is 1. The van der Waals surface area contributed by atoms with Crippen LogP contribution in [0.25, 0.3) is 0 Å². The molecule has 1 amide bonds. The summed E-state index contributed by atoms with van der Waals surface area (Å²) in [4.78, 5) is 12.5. The van der Waals surface area contributed by atoms with Crippen LogP contribution in [-0.2, 0) is 14.8 Å². The highest BCUT2D eigenvalue weighted by Crippen LogP contribution is 2.23. The maximum absolute atomic E-state index is 13.1. The molecular formula is C21H18ClN3O3S. The average Bonchev–Trinajstić information content (AvgIpc) is 2.74. The summed E-state index contributed by atoms with van der Waals surface area (Å²) < 4.78 is 27.2. The molecule has 0 saturated heterocycles. The van der Waals surface area contributed by atoms with Gasteiger partial charge in [-0.1, -0.05) is 60.1 Å². The van der Waals surface area contributed by atoms with Gasteiger partial charge in [0.05, 0.1) is 16.8 Å². The fraction of sp³-hybridized carbons (Fsp3) is 0.0476. The van der Waals surface area contributed by atoms with Crippen LogP contribution in [-0.4, -0.2) is 27.1 Å². The molecule has 148 valence electrons. The molecule has 1 N–H and O–H groups in total. The van der Waals surface area contributed by atoms with Crippen molar-refractivity contribution in [2.24, 2.45) is 5.10 Å². The van der Waals surface area contributed by atoms with Crippen molar-refractivity contribution in [2.45, 2.75) is 4.90 Å². The van der Waals surface area contributed by atoms with Gasteiger partial charge in [-0.05, 0) is 42.0 Å². The van der Waals surface area contributed by atoms with Crippen LogP contribution in [0.4, 0.5) is 5.69 Å². The molecule has 0 unspecified atom stereocenters. The lowest BCUT2D eigenvalue weighted by Crippen LogP contribution is -2.39. The number of rotatable bonds is 7. The van der Waals surface area contributed by atoms with Crippen molar-refractivity contribution in [3.63, 3.8) is 0 Å². The first kappa shape index (κ1) is 20.6. The second-order valence-corrected chi connectivity index (χ2v) is 8.30. The Kier molecular flexibility index (Phi) is 6.64. The minimum atomic E-state index is -3.93. The SMILES string of the molecule is O=C(CN(c1ccccc1)S(=O)(=O)c1ccccc1)N/N=C/c1ccc(Cl)cc1. The van der Waals surface area contributed by atoms with E-state index in [9.17, 15) is 13.2 Å². The summed E-state index contributed by atoms with van der Waals surface area (Å²) in [6, 6.07) is 23.3. The van der Waals surface area contributed by atoms with Gasteiger partial charge in [0.2, 0.25) is 0 Å². The van der Waals surface area contributed by atoms with Gasteiger partial charge in [-0.3, -0.25) is 9.10 Å². The largest absolute Gasteiger partial charge is 0.271 e. The Morgan fingerprint density at radius 3 is 2.14 bits per heavy atom. The molecule has 29 heavy (non-hydrogen) atoms. The van der Waals surface area contributed by atoms with Crippen LogP contribution in [0.5, 0.6) is 0 Å². The van der Waals surface area contributed by atoms with E-state index in [1.54, 1.807) is 72.8 Å². The second-order valence-electron chi connectivity index (χ2n) is 6.01. The minimum Gasteiger partial charge on any atom is -0.271 e. The molecule has 0 aliphatic rings. The Morgan fingerprint density at radius 2 is 1.52 bits per heavy atom. The molecule has 0 fully saturated rings. The number of nitrogens with zero attached hydrogens (tertiary/aromatic N) is 2. The van der Waals surface area contributed by atoms with Crippen molar-refractivity contribution in [1.29, 1.82) is 0 Å². The molecule has 0 heterocycles. The van der Waals surface area contributed by atoms with Crippen molar-refractivity contribution in [2.75, 3.05) is 10.8 Å². The summed E-state index contributed by atoms with van der Waals surface area (Å²) in [5.74, 6) is -0.571. The van der Waals surface area contributed by atoms with Gasteiger partial charge in [0.1, 0.15) is 6.54 Å². The number of carbonyl (C=O) groups excluding carboxylic acids is 1. The van der Waals surface area contributed by atoms with Gasteiger partial charge in [0.25, 0.3) is 15.9 Å². The molecule has 8 heteroatoms. The number of anilines is 1. The summed E-state index contributed by atoms with van der Waals surface area (Å²) in [6.45, 7) is -0.417. The number of hydrazone groups is 1. The fourth-order valence-electron chi connectivity index (χ4n) is 2.52. The molecule has 0 aromatic heterocycles. The topological polar surface area (TPSA) is 78.8 Å². The van der Waals surface area contributed by atoms with E-state index in [0.717, 1.165) is 9.87 Å². The van der Waals surface area contributed by atoms with Crippen LogP contribution in [0.15, 0.2) is 94.9 Å². The molecule has 3 aromatic rings. The summed E-state index contributed by atoms with van der Waals surface area (Å²) in [5.41, 5.74) is 3.49. The zero-order valence-electron chi connectivity index (χ0n) is 15.3. The Hall–Kier alpha value is -3.16. The summed E-state index contributed by atoms with van der Waals surface area (Å²) >= 11 is 5.83. The highest BCUT2D eigenvalue weighted by molar-refractivity contribution is 7.92. The average molecular weight is 428 g/mol. The van der Waals surface area contributed by atoms with E-state index < -0.39 is 22.5 Å². The van der Waals surface area contributed by atoms with E-state index in [0.29, 0.717) is 10.7 Å². The highest BCUT2D eigenvalue weighted by Gasteiger charge is 2.26. The van der Waals surface area contributed by atoms with Gasteiger partial charge in [0, 0.05) is 5.02 Å². The van der Waals surface area contributed by atoms with Crippen LogP contribution in [0.1, 0.15) is 5.56 Å². The Bertz CT molecular complexity index is 1090. The van der Waals surface area contributed by atoms with E-state index >= 15 is 0 Å². The molecule has 0 bridgehead atoms. The van der Waals surface area contributed by atoms with E-state index in [1.807, 2.05) is 0 Å². The Balaban J connectivity index is 1.78. The summed E-state index contributed by atoms with van der Waals surface area (Å²) in [6.07, 6.45) is 1.45. The number of sulfonamides is 1. The van der Waals surface area contributed by atoms with E-state index in [2.05, 4.69) is 10.5 Å². The molecule has 0 aliphatic heterocycles. The number of amides is 1. The summed E-state index contributed by atoms with van der Waals surface area (Å²) in [5, 5.41) is 4.48. The molecule has 0 radical (unpaired) electrons. The standard InChI is InChI=1S/C21H18ClN3O3S/c22-18-13-11-17(12-14-18)15-23-24-21(26)16-25(19-7-3-1-4-8-19)29(27,28)20-9-5-2-6-10-20/h1-15H,16H2,(H,24,26)/b23-15+. The lowest BCUT2D eigenvalue weighted by Gasteiger charge is -2.23. The van der Waals surface area contributed by atoms with Crippen molar-refractivity contribution in [1.82, 2.24) is 5.43 Å². The number of hydrogen-bond acceptors (Lipinski definition) is 4. The molecule has 0 saturated carbocycles. The molecule has 0 spiro atoms. The maximum Gasteiger partial charge on any atom is 0.264 e. The van der Waals surface area contributed by atoms with Crippen LogP contribution in [0.3, 0.4) is 0 Å². The molecular weight excluding hydrogens is 410 g/mol. The highest BCUT2D eigenvalue weighted by atomic mass is 35.5. The molecule has 3 rings (SSSR count). The zero-order valence-corrected chi connectivity index (χ0v) is 16.8. The number of carbonyl (C=O) groups is 1. The van der Waals surface area contributed by atoms with E-state index in [4.69, 9.17) is 11.6 Å².